The minimum absolute atomic E-state index is 0.0426. The summed E-state index contributed by atoms with van der Waals surface area (Å²) in [6, 6.07) is 2.95. The summed E-state index contributed by atoms with van der Waals surface area (Å²) < 4.78 is 37.4. The lowest BCUT2D eigenvalue weighted by molar-refractivity contribution is -0.137. The fourth-order valence-electron chi connectivity index (χ4n) is 1.43. The van der Waals surface area contributed by atoms with Crippen molar-refractivity contribution in [3.63, 3.8) is 0 Å². The first-order valence-electron chi connectivity index (χ1n) is 4.67. The van der Waals surface area contributed by atoms with Crippen molar-refractivity contribution in [1.29, 1.82) is 0 Å². The molecule has 2 aromatic rings. The molecule has 1 aromatic heterocycles. The van der Waals surface area contributed by atoms with Gasteiger partial charge in [-0.05, 0) is 12.1 Å². The molecule has 0 fully saturated rings. The molecule has 0 saturated carbocycles. The molecule has 0 amide bonds. The molecule has 0 aliphatic heterocycles. The average Bonchev–Trinajstić information content (AvgIpc) is 2.59. The number of rotatable bonds is 1. The first-order chi connectivity index (χ1) is 8.30. The molecular weight excluding hydrogens is 290 g/mol. The van der Waals surface area contributed by atoms with Crippen molar-refractivity contribution < 1.29 is 13.2 Å². The summed E-state index contributed by atoms with van der Waals surface area (Å²) in [6.07, 6.45) is -4.45. The normalized spacial score (nSPS) is 11.8. The minimum Gasteiger partial charge on any atom is -0.394 e. The Bertz CT molecular complexity index is 593. The molecule has 0 aliphatic carbocycles. The SMILES string of the molecule is Nc1c(Cl)n[nH]c1-c1ccc(C(F)(F)F)cc1Cl. The lowest BCUT2D eigenvalue weighted by Crippen LogP contribution is -2.04. The van der Waals surface area contributed by atoms with Gasteiger partial charge in [-0.2, -0.15) is 18.3 Å². The topological polar surface area (TPSA) is 54.7 Å². The van der Waals surface area contributed by atoms with E-state index in [1.54, 1.807) is 0 Å². The predicted octanol–water partition coefficient (Wildman–Crippen LogP) is 3.98. The summed E-state index contributed by atoms with van der Waals surface area (Å²) in [5, 5.41) is 6.11. The van der Waals surface area contributed by atoms with Crippen molar-refractivity contribution in [2.24, 2.45) is 0 Å². The van der Waals surface area contributed by atoms with Gasteiger partial charge in [0.15, 0.2) is 5.15 Å². The summed E-state index contributed by atoms with van der Waals surface area (Å²) >= 11 is 11.4. The Morgan fingerprint density at radius 2 is 1.89 bits per heavy atom. The fraction of sp³-hybridized carbons (Fsp3) is 0.100. The molecule has 0 aliphatic rings. The van der Waals surface area contributed by atoms with Gasteiger partial charge in [-0.15, -0.1) is 0 Å². The summed E-state index contributed by atoms with van der Waals surface area (Å²) in [4.78, 5) is 0. The maximum Gasteiger partial charge on any atom is 0.416 e. The Balaban J connectivity index is 2.52. The molecule has 1 aromatic carbocycles. The highest BCUT2D eigenvalue weighted by atomic mass is 35.5. The molecule has 0 saturated heterocycles. The Labute approximate surface area is 110 Å². The van der Waals surface area contributed by atoms with Crippen LogP contribution in [-0.2, 0) is 6.18 Å². The van der Waals surface area contributed by atoms with Gasteiger partial charge in [0.05, 0.1) is 22.0 Å². The van der Waals surface area contributed by atoms with E-state index in [4.69, 9.17) is 28.9 Å². The van der Waals surface area contributed by atoms with Gasteiger partial charge in [-0.1, -0.05) is 29.3 Å². The largest absolute Gasteiger partial charge is 0.416 e. The van der Waals surface area contributed by atoms with Gasteiger partial charge < -0.3 is 5.73 Å². The molecule has 0 spiro atoms. The van der Waals surface area contributed by atoms with Crippen molar-refractivity contribution in [3.8, 4) is 11.3 Å². The van der Waals surface area contributed by atoms with Gasteiger partial charge in [-0.25, -0.2) is 0 Å². The van der Waals surface area contributed by atoms with Gasteiger partial charge in [-0.3, -0.25) is 5.10 Å². The number of aromatic amines is 1. The molecule has 1 heterocycles. The third-order valence-corrected chi connectivity index (χ3v) is 2.92. The van der Waals surface area contributed by atoms with E-state index < -0.39 is 11.7 Å². The fourth-order valence-corrected chi connectivity index (χ4v) is 1.84. The number of nitrogens with one attached hydrogen (secondary N) is 1. The van der Waals surface area contributed by atoms with Crippen LogP contribution >= 0.6 is 23.2 Å². The second-order valence-corrected chi connectivity index (χ2v) is 4.26. The molecule has 0 bridgehead atoms. The summed E-state index contributed by atoms with van der Waals surface area (Å²) in [5.74, 6) is 0. The Hall–Kier alpha value is -1.40. The zero-order chi connectivity index (χ0) is 13.5. The van der Waals surface area contributed by atoms with Crippen LogP contribution in [0.3, 0.4) is 0 Å². The molecule has 0 radical (unpaired) electrons. The van der Waals surface area contributed by atoms with Crippen molar-refractivity contribution >= 4 is 28.9 Å². The molecule has 96 valence electrons. The Morgan fingerprint density at radius 1 is 1.22 bits per heavy atom. The molecule has 3 nitrogen and oxygen atoms in total. The van der Waals surface area contributed by atoms with Crippen LogP contribution < -0.4 is 5.73 Å². The van der Waals surface area contributed by atoms with Crippen LogP contribution in [0.4, 0.5) is 18.9 Å². The van der Waals surface area contributed by atoms with Crippen LogP contribution in [0.5, 0.6) is 0 Å². The highest BCUT2D eigenvalue weighted by molar-refractivity contribution is 6.34. The summed E-state index contributed by atoms with van der Waals surface area (Å²) in [5.41, 5.74) is 5.52. The maximum atomic E-state index is 12.5. The van der Waals surface area contributed by atoms with Crippen molar-refractivity contribution in [2.75, 3.05) is 5.73 Å². The quantitative estimate of drug-likeness (QED) is 0.836. The van der Waals surface area contributed by atoms with E-state index in [2.05, 4.69) is 10.2 Å². The predicted molar refractivity (Wildman–Crippen MR) is 63.5 cm³/mol. The van der Waals surface area contributed by atoms with Gasteiger partial charge >= 0.3 is 6.18 Å². The average molecular weight is 296 g/mol. The van der Waals surface area contributed by atoms with E-state index in [9.17, 15) is 13.2 Å². The molecule has 0 atom stereocenters. The van der Waals surface area contributed by atoms with Crippen LogP contribution in [0.1, 0.15) is 5.56 Å². The number of benzene rings is 1. The number of anilines is 1. The van der Waals surface area contributed by atoms with Gasteiger partial charge in [0.2, 0.25) is 0 Å². The molecule has 2 rings (SSSR count). The maximum absolute atomic E-state index is 12.5. The lowest BCUT2D eigenvalue weighted by Gasteiger charge is -2.09. The minimum atomic E-state index is -4.45. The monoisotopic (exact) mass is 295 g/mol. The highest BCUT2D eigenvalue weighted by Crippen LogP contribution is 2.37. The number of nitrogens with two attached hydrogens (primary N) is 1. The van der Waals surface area contributed by atoms with E-state index >= 15 is 0 Å². The number of halogens is 5. The molecule has 3 N–H and O–H groups in total. The zero-order valence-corrected chi connectivity index (χ0v) is 10.2. The summed E-state index contributed by atoms with van der Waals surface area (Å²) in [6.45, 7) is 0. The third-order valence-electron chi connectivity index (χ3n) is 2.32. The number of nitrogens with zero attached hydrogens (tertiary/aromatic N) is 1. The van der Waals surface area contributed by atoms with Crippen LogP contribution in [0.15, 0.2) is 18.2 Å². The Morgan fingerprint density at radius 3 is 2.33 bits per heavy atom. The van der Waals surface area contributed by atoms with Crippen molar-refractivity contribution in [2.45, 2.75) is 6.18 Å². The van der Waals surface area contributed by atoms with Crippen LogP contribution in [-0.4, -0.2) is 10.2 Å². The van der Waals surface area contributed by atoms with Crippen LogP contribution in [0.2, 0.25) is 10.2 Å². The molecule has 0 unspecified atom stereocenters. The zero-order valence-electron chi connectivity index (χ0n) is 8.65. The third kappa shape index (κ3) is 2.26. The Kier molecular flexibility index (Phi) is 3.16. The van der Waals surface area contributed by atoms with Crippen molar-refractivity contribution in [1.82, 2.24) is 10.2 Å². The molecular formula is C10H6Cl2F3N3. The molecule has 18 heavy (non-hydrogen) atoms. The van der Waals surface area contributed by atoms with Crippen LogP contribution in [0.25, 0.3) is 11.3 Å². The highest BCUT2D eigenvalue weighted by Gasteiger charge is 2.31. The first-order valence-corrected chi connectivity index (χ1v) is 5.42. The molecule has 8 heteroatoms. The number of hydrogen-bond acceptors (Lipinski definition) is 2. The van der Waals surface area contributed by atoms with Gasteiger partial charge in [0, 0.05) is 5.56 Å². The van der Waals surface area contributed by atoms with Crippen molar-refractivity contribution in [3.05, 3.63) is 33.9 Å². The standard InChI is InChI=1S/C10H6Cl2F3N3/c11-6-3-4(10(13,14)15)1-2-5(6)8-7(16)9(12)18-17-8/h1-3H,16H2,(H,17,18). The van der Waals surface area contributed by atoms with E-state index in [1.807, 2.05) is 0 Å². The lowest BCUT2D eigenvalue weighted by atomic mass is 10.1. The first kappa shape index (κ1) is 13.0. The number of aromatic nitrogens is 2. The van der Waals surface area contributed by atoms with E-state index in [-0.39, 0.29) is 15.9 Å². The second kappa shape index (κ2) is 4.37. The number of nitrogen functional groups attached to an aromatic ring is 1. The van der Waals surface area contributed by atoms with E-state index in [0.29, 0.717) is 11.3 Å². The smallest absolute Gasteiger partial charge is 0.394 e. The van der Waals surface area contributed by atoms with E-state index in [0.717, 1.165) is 12.1 Å². The number of alkyl halides is 3. The number of hydrogen-bond donors (Lipinski definition) is 2. The van der Waals surface area contributed by atoms with Crippen LogP contribution in [0, 0.1) is 0 Å². The number of H-pyrrole nitrogens is 1. The summed E-state index contributed by atoms with van der Waals surface area (Å²) in [7, 11) is 0. The van der Waals surface area contributed by atoms with Gasteiger partial charge in [0.1, 0.15) is 0 Å². The second-order valence-electron chi connectivity index (χ2n) is 3.50. The van der Waals surface area contributed by atoms with Gasteiger partial charge in [0.25, 0.3) is 0 Å². The van der Waals surface area contributed by atoms with E-state index in [1.165, 1.54) is 6.07 Å².